The van der Waals surface area contributed by atoms with Crippen molar-refractivity contribution in [3.63, 3.8) is 0 Å². The third-order valence-corrected chi connectivity index (χ3v) is 4.11. The van der Waals surface area contributed by atoms with Crippen LogP contribution in [0.1, 0.15) is 31.1 Å². The fraction of sp³-hybridized carbons (Fsp3) is 0.0455. The number of rotatable bonds is 5. The van der Waals surface area contributed by atoms with E-state index in [1.165, 1.54) is 55.6 Å². The van der Waals surface area contributed by atoms with Crippen LogP contribution in [0.4, 0.5) is 15.8 Å². The molecule has 2 N–H and O–H groups in total. The molecule has 0 radical (unpaired) electrons. The van der Waals surface area contributed by atoms with Gasteiger partial charge in [0.25, 0.3) is 11.8 Å². The summed E-state index contributed by atoms with van der Waals surface area (Å²) >= 11 is 0. The lowest BCUT2D eigenvalue weighted by molar-refractivity contribution is 0.0601. The van der Waals surface area contributed by atoms with Gasteiger partial charge in [-0.2, -0.15) is 0 Å². The predicted molar refractivity (Wildman–Crippen MR) is 107 cm³/mol. The first kappa shape index (κ1) is 19.8. The Hall–Kier alpha value is -4.00. The topological polar surface area (TPSA) is 84.5 Å². The number of methoxy groups -OCH3 is 1. The molecule has 6 nitrogen and oxygen atoms in total. The number of hydrogen-bond donors (Lipinski definition) is 2. The molecule has 0 aliphatic carbocycles. The zero-order valence-corrected chi connectivity index (χ0v) is 15.4. The Morgan fingerprint density at radius 1 is 0.724 bits per heavy atom. The van der Waals surface area contributed by atoms with Gasteiger partial charge < -0.3 is 15.4 Å². The fourth-order valence-corrected chi connectivity index (χ4v) is 2.60. The van der Waals surface area contributed by atoms with Crippen molar-refractivity contribution >= 4 is 29.2 Å². The van der Waals surface area contributed by atoms with E-state index < -0.39 is 23.6 Å². The second-order valence-corrected chi connectivity index (χ2v) is 6.00. The number of carbonyl (C=O) groups excluding carboxylic acids is 3. The van der Waals surface area contributed by atoms with Crippen LogP contribution in [-0.2, 0) is 4.74 Å². The number of ether oxygens (including phenoxy) is 1. The Morgan fingerprint density at radius 2 is 1.21 bits per heavy atom. The Kier molecular flexibility index (Phi) is 5.99. The highest BCUT2D eigenvalue weighted by molar-refractivity contribution is 6.09. The van der Waals surface area contributed by atoms with Crippen LogP contribution < -0.4 is 10.6 Å². The van der Waals surface area contributed by atoms with E-state index in [0.717, 1.165) is 0 Å². The molecule has 0 saturated carbocycles. The Bertz CT molecular complexity index is 1060. The Morgan fingerprint density at radius 3 is 1.76 bits per heavy atom. The van der Waals surface area contributed by atoms with Gasteiger partial charge in [-0.15, -0.1) is 0 Å². The lowest BCUT2D eigenvalue weighted by Crippen LogP contribution is -2.16. The van der Waals surface area contributed by atoms with Crippen molar-refractivity contribution in [3.8, 4) is 0 Å². The highest BCUT2D eigenvalue weighted by Gasteiger charge is 2.15. The van der Waals surface area contributed by atoms with Gasteiger partial charge in [-0.1, -0.05) is 24.3 Å². The number of nitrogens with one attached hydrogen (secondary N) is 2. The maximum absolute atomic E-state index is 13.7. The van der Waals surface area contributed by atoms with Gasteiger partial charge in [0.15, 0.2) is 0 Å². The number of esters is 1. The van der Waals surface area contributed by atoms with Gasteiger partial charge in [0.05, 0.1) is 24.0 Å². The summed E-state index contributed by atoms with van der Waals surface area (Å²) in [4.78, 5) is 36.5. The number of halogens is 1. The van der Waals surface area contributed by atoms with Crippen molar-refractivity contribution in [2.45, 2.75) is 0 Å². The molecule has 0 spiro atoms. The van der Waals surface area contributed by atoms with Crippen molar-refractivity contribution in [1.82, 2.24) is 0 Å². The fourth-order valence-electron chi connectivity index (χ4n) is 2.60. The average molecular weight is 392 g/mol. The van der Waals surface area contributed by atoms with Gasteiger partial charge in [-0.05, 0) is 48.5 Å². The van der Waals surface area contributed by atoms with Crippen molar-refractivity contribution in [1.29, 1.82) is 0 Å². The van der Waals surface area contributed by atoms with Crippen LogP contribution in [-0.4, -0.2) is 24.9 Å². The van der Waals surface area contributed by atoms with E-state index in [9.17, 15) is 18.8 Å². The summed E-state index contributed by atoms with van der Waals surface area (Å²) in [6.45, 7) is 0. The quantitative estimate of drug-likeness (QED) is 0.640. The smallest absolute Gasteiger partial charge is 0.339 e. The van der Waals surface area contributed by atoms with Crippen molar-refractivity contribution in [3.05, 3.63) is 95.3 Å². The zero-order valence-electron chi connectivity index (χ0n) is 15.4. The second-order valence-electron chi connectivity index (χ2n) is 6.00. The van der Waals surface area contributed by atoms with Gasteiger partial charge in [0.1, 0.15) is 5.82 Å². The third-order valence-electron chi connectivity index (χ3n) is 4.11. The van der Waals surface area contributed by atoms with E-state index in [0.29, 0.717) is 5.69 Å². The largest absolute Gasteiger partial charge is 0.465 e. The van der Waals surface area contributed by atoms with Crippen LogP contribution >= 0.6 is 0 Å². The summed E-state index contributed by atoms with van der Waals surface area (Å²) in [5, 5.41) is 5.12. The highest BCUT2D eigenvalue weighted by atomic mass is 19.1. The van der Waals surface area contributed by atoms with Crippen molar-refractivity contribution < 1.29 is 23.5 Å². The molecule has 0 heterocycles. The van der Waals surface area contributed by atoms with Crippen LogP contribution in [0, 0.1) is 5.82 Å². The number of carbonyl (C=O) groups is 3. The lowest BCUT2D eigenvalue weighted by Gasteiger charge is -2.10. The van der Waals surface area contributed by atoms with Gasteiger partial charge in [-0.3, -0.25) is 9.59 Å². The summed E-state index contributed by atoms with van der Waals surface area (Å²) in [5.74, 6) is -2.07. The van der Waals surface area contributed by atoms with Gasteiger partial charge in [0, 0.05) is 11.1 Å². The monoisotopic (exact) mass is 392 g/mol. The molecule has 3 aromatic carbocycles. The molecular weight excluding hydrogens is 375 g/mol. The van der Waals surface area contributed by atoms with Crippen LogP contribution in [0.2, 0.25) is 0 Å². The first-order valence-corrected chi connectivity index (χ1v) is 8.64. The molecule has 2 amide bonds. The van der Waals surface area contributed by atoms with Crippen LogP contribution in [0.3, 0.4) is 0 Å². The first-order valence-electron chi connectivity index (χ1n) is 8.64. The van der Waals surface area contributed by atoms with E-state index in [1.54, 1.807) is 24.3 Å². The third kappa shape index (κ3) is 4.65. The lowest BCUT2D eigenvalue weighted by atomic mass is 10.1. The van der Waals surface area contributed by atoms with Crippen molar-refractivity contribution in [2.75, 3.05) is 17.7 Å². The molecule has 0 aromatic heterocycles. The highest BCUT2D eigenvalue weighted by Crippen LogP contribution is 2.18. The Labute approximate surface area is 166 Å². The molecular formula is C22H17FN2O4. The molecule has 0 bridgehead atoms. The second kappa shape index (κ2) is 8.79. The van der Waals surface area contributed by atoms with Gasteiger partial charge in [0.2, 0.25) is 0 Å². The molecule has 3 rings (SSSR count). The van der Waals surface area contributed by atoms with Crippen LogP contribution in [0.25, 0.3) is 0 Å². The molecule has 146 valence electrons. The summed E-state index contributed by atoms with van der Waals surface area (Å²) in [6.07, 6.45) is 0. The molecule has 29 heavy (non-hydrogen) atoms. The minimum absolute atomic E-state index is 0.0683. The Balaban J connectivity index is 1.72. The molecule has 0 fully saturated rings. The van der Waals surface area contributed by atoms with Crippen LogP contribution in [0.5, 0.6) is 0 Å². The molecule has 0 atom stereocenters. The number of benzene rings is 3. The number of para-hydroxylation sites is 2. The van der Waals surface area contributed by atoms with E-state index in [2.05, 4.69) is 10.6 Å². The molecule has 0 aliphatic heterocycles. The normalized spacial score (nSPS) is 10.1. The summed E-state index contributed by atoms with van der Waals surface area (Å²) < 4.78 is 18.4. The summed E-state index contributed by atoms with van der Waals surface area (Å²) in [7, 11) is 1.26. The predicted octanol–water partition coefficient (Wildman–Crippen LogP) is 4.12. The summed E-state index contributed by atoms with van der Waals surface area (Å²) in [5.41, 5.74) is 1.15. The average Bonchev–Trinajstić information content (AvgIpc) is 2.75. The first-order chi connectivity index (χ1) is 14.0. The maximum Gasteiger partial charge on any atom is 0.339 e. The standard InChI is InChI=1S/C22H17FN2O4/c1-29-22(28)16-6-2-4-8-18(16)24-20(26)14-10-12-15(13-11-14)21(27)25-19-9-5-3-7-17(19)23/h2-13H,1H3,(H,24,26)(H,25,27). The van der Waals surface area contributed by atoms with Crippen molar-refractivity contribution in [2.24, 2.45) is 0 Å². The number of amides is 2. The SMILES string of the molecule is COC(=O)c1ccccc1NC(=O)c1ccc(C(=O)Nc2ccccc2F)cc1. The number of hydrogen-bond acceptors (Lipinski definition) is 4. The zero-order chi connectivity index (χ0) is 20.8. The summed E-state index contributed by atoms with van der Waals surface area (Å²) in [6, 6.07) is 18.1. The van der Waals surface area contributed by atoms with E-state index in [4.69, 9.17) is 4.74 Å². The minimum Gasteiger partial charge on any atom is -0.465 e. The van der Waals surface area contributed by atoms with Gasteiger partial charge >= 0.3 is 5.97 Å². The van der Waals surface area contributed by atoms with E-state index in [1.807, 2.05) is 0 Å². The molecule has 0 saturated heterocycles. The molecule has 0 aliphatic rings. The molecule has 3 aromatic rings. The van der Waals surface area contributed by atoms with E-state index in [-0.39, 0.29) is 22.4 Å². The van der Waals surface area contributed by atoms with Crippen LogP contribution in [0.15, 0.2) is 72.8 Å². The molecule has 7 heteroatoms. The number of anilines is 2. The minimum atomic E-state index is -0.568. The van der Waals surface area contributed by atoms with Gasteiger partial charge in [-0.25, -0.2) is 9.18 Å². The maximum atomic E-state index is 13.7. The van der Waals surface area contributed by atoms with E-state index >= 15 is 0 Å². The molecule has 0 unspecified atom stereocenters.